The SMILES string of the molecule is CCCC(C)(CO)CN1CCN(CC)CC1. The highest BCUT2D eigenvalue weighted by Crippen LogP contribution is 2.24. The molecular weight excluding hydrogens is 200 g/mol. The van der Waals surface area contributed by atoms with Gasteiger partial charge < -0.3 is 14.9 Å². The van der Waals surface area contributed by atoms with E-state index in [9.17, 15) is 5.11 Å². The molecular formula is C13H28N2O. The standard InChI is InChI=1S/C13H28N2O/c1-4-6-13(3,12-16)11-15-9-7-14(5-2)8-10-15/h16H,4-12H2,1-3H3. The normalized spacial score (nSPS) is 23.2. The number of aliphatic hydroxyl groups excluding tert-OH is 1. The number of likely N-dealkylation sites (N-methyl/N-ethyl adjacent to an activating group) is 1. The van der Waals surface area contributed by atoms with E-state index in [0.29, 0.717) is 6.61 Å². The maximum Gasteiger partial charge on any atom is 0.0497 e. The van der Waals surface area contributed by atoms with Gasteiger partial charge in [-0.05, 0) is 13.0 Å². The summed E-state index contributed by atoms with van der Waals surface area (Å²) in [6.45, 7) is 13.9. The largest absolute Gasteiger partial charge is 0.396 e. The van der Waals surface area contributed by atoms with Gasteiger partial charge in [-0.3, -0.25) is 0 Å². The van der Waals surface area contributed by atoms with E-state index in [1.54, 1.807) is 0 Å². The molecule has 1 heterocycles. The van der Waals surface area contributed by atoms with Gasteiger partial charge in [0.05, 0.1) is 0 Å². The summed E-state index contributed by atoms with van der Waals surface area (Å²) in [5.74, 6) is 0. The van der Waals surface area contributed by atoms with Crippen molar-refractivity contribution in [2.75, 3.05) is 45.9 Å². The molecule has 0 radical (unpaired) electrons. The van der Waals surface area contributed by atoms with Crippen molar-refractivity contribution >= 4 is 0 Å². The third-order valence-electron chi connectivity index (χ3n) is 3.75. The zero-order valence-electron chi connectivity index (χ0n) is 11.2. The highest BCUT2D eigenvalue weighted by molar-refractivity contribution is 4.80. The minimum absolute atomic E-state index is 0.100. The molecule has 0 aliphatic carbocycles. The van der Waals surface area contributed by atoms with Gasteiger partial charge in [0.1, 0.15) is 0 Å². The van der Waals surface area contributed by atoms with Crippen molar-refractivity contribution in [3.05, 3.63) is 0 Å². The van der Waals surface area contributed by atoms with E-state index in [1.807, 2.05) is 0 Å². The van der Waals surface area contributed by atoms with Crippen molar-refractivity contribution < 1.29 is 5.11 Å². The molecule has 1 atom stereocenters. The van der Waals surface area contributed by atoms with Crippen LogP contribution in [-0.2, 0) is 0 Å². The summed E-state index contributed by atoms with van der Waals surface area (Å²) >= 11 is 0. The first-order valence-corrected chi connectivity index (χ1v) is 6.69. The Labute approximate surface area is 100 Å². The lowest BCUT2D eigenvalue weighted by molar-refractivity contribution is 0.0521. The molecule has 0 saturated carbocycles. The van der Waals surface area contributed by atoms with Gasteiger partial charge in [-0.1, -0.05) is 27.2 Å². The lowest BCUT2D eigenvalue weighted by Crippen LogP contribution is -2.49. The first-order chi connectivity index (χ1) is 7.63. The number of hydrogen-bond donors (Lipinski definition) is 1. The quantitative estimate of drug-likeness (QED) is 0.745. The minimum atomic E-state index is 0.100. The zero-order chi connectivity index (χ0) is 12.0. The molecule has 0 aromatic rings. The second kappa shape index (κ2) is 6.58. The van der Waals surface area contributed by atoms with E-state index < -0.39 is 0 Å². The van der Waals surface area contributed by atoms with Crippen LogP contribution in [0.4, 0.5) is 0 Å². The number of nitrogens with zero attached hydrogens (tertiary/aromatic N) is 2. The molecule has 0 aromatic carbocycles. The molecule has 1 rings (SSSR count). The smallest absolute Gasteiger partial charge is 0.0497 e. The Kier molecular flexibility index (Phi) is 5.73. The monoisotopic (exact) mass is 228 g/mol. The average molecular weight is 228 g/mol. The third-order valence-corrected chi connectivity index (χ3v) is 3.75. The molecule has 1 unspecified atom stereocenters. The maximum absolute atomic E-state index is 9.51. The highest BCUT2D eigenvalue weighted by atomic mass is 16.3. The molecule has 0 spiro atoms. The third kappa shape index (κ3) is 4.04. The average Bonchev–Trinajstić information content (AvgIpc) is 2.30. The Morgan fingerprint density at radius 3 is 2.06 bits per heavy atom. The van der Waals surface area contributed by atoms with Gasteiger partial charge in [0.25, 0.3) is 0 Å². The predicted octanol–water partition coefficient (Wildman–Crippen LogP) is 1.42. The van der Waals surface area contributed by atoms with E-state index in [2.05, 4.69) is 30.6 Å². The van der Waals surface area contributed by atoms with Crippen LogP contribution in [0.2, 0.25) is 0 Å². The second-order valence-corrected chi connectivity index (χ2v) is 5.43. The van der Waals surface area contributed by atoms with Crippen molar-refractivity contribution in [1.82, 2.24) is 9.80 Å². The Balaban J connectivity index is 2.36. The number of aliphatic hydroxyl groups is 1. The van der Waals surface area contributed by atoms with E-state index in [-0.39, 0.29) is 5.41 Å². The molecule has 1 N–H and O–H groups in total. The fourth-order valence-corrected chi connectivity index (χ4v) is 2.62. The van der Waals surface area contributed by atoms with Gasteiger partial charge in [0.15, 0.2) is 0 Å². The van der Waals surface area contributed by atoms with Gasteiger partial charge in [-0.25, -0.2) is 0 Å². The van der Waals surface area contributed by atoms with Crippen LogP contribution in [0.25, 0.3) is 0 Å². The van der Waals surface area contributed by atoms with Gasteiger partial charge in [0.2, 0.25) is 0 Å². The molecule has 0 aromatic heterocycles. The van der Waals surface area contributed by atoms with Crippen molar-refractivity contribution in [2.45, 2.75) is 33.6 Å². The summed E-state index contributed by atoms with van der Waals surface area (Å²) < 4.78 is 0. The van der Waals surface area contributed by atoms with Gasteiger partial charge in [-0.15, -0.1) is 0 Å². The molecule has 0 amide bonds. The lowest BCUT2D eigenvalue weighted by atomic mass is 9.86. The van der Waals surface area contributed by atoms with E-state index in [4.69, 9.17) is 0 Å². The molecule has 1 fully saturated rings. The Morgan fingerprint density at radius 1 is 1.06 bits per heavy atom. The van der Waals surface area contributed by atoms with Gasteiger partial charge in [-0.2, -0.15) is 0 Å². The maximum atomic E-state index is 9.51. The van der Waals surface area contributed by atoms with Crippen LogP contribution >= 0.6 is 0 Å². The van der Waals surface area contributed by atoms with Crippen molar-refractivity contribution in [3.63, 3.8) is 0 Å². The molecule has 1 saturated heterocycles. The van der Waals surface area contributed by atoms with E-state index in [0.717, 1.165) is 32.5 Å². The predicted molar refractivity (Wildman–Crippen MR) is 68.7 cm³/mol. The highest BCUT2D eigenvalue weighted by Gasteiger charge is 2.27. The molecule has 3 heteroatoms. The van der Waals surface area contributed by atoms with Crippen LogP contribution in [0.15, 0.2) is 0 Å². The fraction of sp³-hybridized carbons (Fsp3) is 1.00. The molecule has 3 nitrogen and oxygen atoms in total. The Morgan fingerprint density at radius 2 is 1.62 bits per heavy atom. The summed E-state index contributed by atoms with van der Waals surface area (Å²) in [6, 6.07) is 0. The first kappa shape index (κ1) is 13.9. The summed E-state index contributed by atoms with van der Waals surface area (Å²) in [5, 5.41) is 9.51. The lowest BCUT2D eigenvalue weighted by Gasteiger charge is -2.39. The molecule has 96 valence electrons. The van der Waals surface area contributed by atoms with Crippen molar-refractivity contribution in [2.24, 2.45) is 5.41 Å². The van der Waals surface area contributed by atoms with E-state index in [1.165, 1.54) is 19.6 Å². The van der Waals surface area contributed by atoms with Crippen LogP contribution in [-0.4, -0.2) is 60.8 Å². The Hall–Kier alpha value is -0.120. The topological polar surface area (TPSA) is 26.7 Å². The number of hydrogen-bond acceptors (Lipinski definition) is 3. The van der Waals surface area contributed by atoms with Crippen LogP contribution in [0.5, 0.6) is 0 Å². The molecule has 1 aliphatic heterocycles. The summed E-state index contributed by atoms with van der Waals surface area (Å²) in [5.41, 5.74) is 0.100. The van der Waals surface area contributed by atoms with Crippen LogP contribution < -0.4 is 0 Å². The fourth-order valence-electron chi connectivity index (χ4n) is 2.62. The second-order valence-electron chi connectivity index (χ2n) is 5.43. The molecule has 1 aliphatic rings. The summed E-state index contributed by atoms with van der Waals surface area (Å²) in [7, 11) is 0. The van der Waals surface area contributed by atoms with Gasteiger partial charge >= 0.3 is 0 Å². The number of rotatable bonds is 6. The molecule has 0 bridgehead atoms. The van der Waals surface area contributed by atoms with Crippen LogP contribution in [0, 0.1) is 5.41 Å². The van der Waals surface area contributed by atoms with Crippen LogP contribution in [0.1, 0.15) is 33.6 Å². The van der Waals surface area contributed by atoms with Gasteiger partial charge in [0, 0.05) is 44.7 Å². The summed E-state index contributed by atoms with van der Waals surface area (Å²) in [4.78, 5) is 5.00. The Bertz CT molecular complexity index is 190. The van der Waals surface area contributed by atoms with Crippen molar-refractivity contribution in [3.8, 4) is 0 Å². The minimum Gasteiger partial charge on any atom is -0.396 e. The summed E-state index contributed by atoms with van der Waals surface area (Å²) in [6.07, 6.45) is 2.28. The molecule has 16 heavy (non-hydrogen) atoms. The van der Waals surface area contributed by atoms with E-state index >= 15 is 0 Å². The number of piperazine rings is 1. The van der Waals surface area contributed by atoms with Crippen molar-refractivity contribution in [1.29, 1.82) is 0 Å². The first-order valence-electron chi connectivity index (χ1n) is 6.69. The van der Waals surface area contributed by atoms with Crippen LogP contribution in [0.3, 0.4) is 0 Å². The zero-order valence-corrected chi connectivity index (χ0v) is 11.2.